The molecule has 2 aromatic rings. The van der Waals surface area contributed by atoms with Gasteiger partial charge in [0.2, 0.25) is 0 Å². The molecule has 5 heteroatoms. The summed E-state index contributed by atoms with van der Waals surface area (Å²) in [6.45, 7) is 2.06. The third-order valence-corrected chi connectivity index (χ3v) is 4.11. The van der Waals surface area contributed by atoms with Crippen LogP contribution in [0.3, 0.4) is 0 Å². The minimum atomic E-state index is -0.397. The largest absolute Gasteiger partial charge is 0.391 e. The van der Waals surface area contributed by atoms with Crippen molar-refractivity contribution < 1.29 is 9.50 Å². The molecule has 106 valence electrons. The van der Waals surface area contributed by atoms with Crippen LogP contribution in [0.5, 0.6) is 0 Å². The first-order valence-electron chi connectivity index (χ1n) is 7.01. The smallest absolute Gasteiger partial charge is 0.123 e. The van der Waals surface area contributed by atoms with Crippen LogP contribution in [-0.2, 0) is 0 Å². The van der Waals surface area contributed by atoms with Crippen molar-refractivity contribution in [2.24, 2.45) is 5.92 Å². The lowest BCUT2D eigenvalue weighted by molar-refractivity contribution is 0.0254. The van der Waals surface area contributed by atoms with Crippen LogP contribution in [0, 0.1) is 11.7 Å². The highest BCUT2D eigenvalue weighted by Crippen LogP contribution is 2.32. The SMILES string of the molecule is C[C@H]1CCC[C@@H](n2cc(-c3cccc(F)c3)nn2)[C@@H]1O. The Hall–Kier alpha value is -1.75. The lowest BCUT2D eigenvalue weighted by atomic mass is 9.84. The van der Waals surface area contributed by atoms with E-state index < -0.39 is 6.10 Å². The second-order valence-corrected chi connectivity index (χ2v) is 5.56. The fourth-order valence-corrected chi connectivity index (χ4v) is 2.88. The van der Waals surface area contributed by atoms with Gasteiger partial charge in [0.15, 0.2) is 0 Å². The van der Waals surface area contributed by atoms with Crippen molar-refractivity contribution >= 4 is 0 Å². The first-order chi connectivity index (χ1) is 9.65. The summed E-state index contributed by atoms with van der Waals surface area (Å²) >= 11 is 0. The number of aromatic nitrogens is 3. The van der Waals surface area contributed by atoms with Gasteiger partial charge in [0.1, 0.15) is 11.5 Å². The molecule has 4 nitrogen and oxygen atoms in total. The van der Waals surface area contributed by atoms with Crippen LogP contribution in [0.4, 0.5) is 4.39 Å². The molecule has 1 aromatic carbocycles. The summed E-state index contributed by atoms with van der Waals surface area (Å²) in [5, 5.41) is 18.5. The van der Waals surface area contributed by atoms with Gasteiger partial charge in [0.25, 0.3) is 0 Å². The first-order valence-corrected chi connectivity index (χ1v) is 7.01. The summed E-state index contributed by atoms with van der Waals surface area (Å²) in [5.41, 5.74) is 1.34. The van der Waals surface area contributed by atoms with Crippen LogP contribution >= 0.6 is 0 Å². The van der Waals surface area contributed by atoms with E-state index in [1.807, 2.05) is 0 Å². The standard InChI is InChI=1S/C15H18FN3O/c1-10-4-2-7-14(15(10)20)19-9-13(17-18-19)11-5-3-6-12(16)8-11/h3,5-6,8-10,14-15,20H,2,4,7H2,1H3/t10-,14+,15+/m0/s1. The summed E-state index contributed by atoms with van der Waals surface area (Å²) < 4.78 is 15.0. The van der Waals surface area contributed by atoms with E-state index in [4.69, 9.17) is 0 Å². The van der Waals surface area contributed by atoms with E-state index in [0.29, 0.717) is 11.3 Å². The molecule has 0 amide bonds. The van der Waals surface area contributed by atoms with Crippen LogP contribution in [0.25, 0.3) is 11.3 Å². The summed E-state index contributed by atoms with van der Waals surface area (Å²) in [5.74, 6) is -0.0149. The van der Waals surface area contributed by atoms with Gasteiger partial charge < -0.3 is 5.11 Å². The Kier molecular flexibility index (Phi) is 3.53. The van der Waals surface area contributed by atoms with Gasteiger partial charge in [-0.15, -0.1) is 5.10 Å². The van der Waals surface area contributed by atoms with E-state index in [1.165, 1.54) is 12.1 Å². The minimum absolute atomic E-state index is 0.0337. The number of rotatable bonds is 2. The molecule has 1 N–H and O–H groups in total. The van der Waals surface area contributed by atoms with E-state index >= 15 is 0 Å². The molecule has 1 aromatic heterocycles. The van der Waals surface area contributed by atoms with Crippen LogP contribution in [0.1, 0.15) is 32.2 Å². The number of hydrogen-bond donors (Lipinski definition) is 1. The summed E-state index contributed by atoms with van der Waals surface area (Å²) in [4.78, 5) is 0. The average Bonchev–Trinajstić information content (AvgIpc) is 2.91. The Labute approximate surface area is 117 Å². The zero-order valence-corrected chi connectivity index (χ0v) is 11.4. The van der Waals surface area contributed by atoms with Gasteiger partial charge in [-0.25, -0.2) is 9.07 Å². The molecule has 1 heterocycles. The van der Waals surface area contributed by atoms with Crippen molar-refractivity contribution in [3.8, 4) is 11.3 Å². The van der Waals surface area contributed by atoms with Crippen molar-refractivity contribution in [2.75, 3.05) is 0 Å². The topological polar surface area (TPSA) is 50.9 Å². The molecule has 0 bridgehead atoms. The summed E-state index contributed by atoms with van der Waals surface area (Å²) in [7, 11) is 0. The van der Waals surface area contributed by atoms with Crippen LogP contribution in [0.2, 0.25) is 0 Å². The fraction of sp³-hybridized carbons (Fsp3) is 0.467. The Bertz CT molecular complexity index is 598. The predicted molar refractivity (Wildman–Crippen MR) is 73.5 cm³/mol. The average molecular weight is 275 g/mol. The van der Waals surface area contributed by atoms with E-state index in [-0.39, 0.29) is 17.8 Å². The normalized spacial score (nSPS) is 26.6. The molecule has 0 saturated heterocycles. The Morgan fingerprint density at radius 1 is 1.35 bits per heavy atom. The van der Waals surface area contributed by atoms with Crippen LogP contribution in [-0.4, -0.2) is 26.2 Å². The molecule has 0 radical (unpaired) electrons. The highest BCUT2D eigenvalue weighted by atomic mass is 19.1. The van der Waals surface area contributed by atoms with Crippen LogP contribution in [0.15, 0.2) is 30.5 Å². The monoisotopic (exact) mass is 275 g/mol. The molecule has 0 spiro atoms. The van der Waals surface area contributed by atoms with E-state index in [0.717, 1.165) is 19.3 Å². The zero-order chi connectivity index (χ0) is 14.1. The van der Waals surface area contributed by atoms with Gasteiger partial charge in [-0.05, 0) is 30.9 Å². The minimum Gasteiger partial charge on any atom is -0.391 e. The third kappa shape index (κ3) is 2.45. The van der Waals surface area contributed by atoms with Gasteiger partial charge in [-0.1, -0.05) is 30.7 Å². The Morgan fingerprint density at radius 2 is 2.20 bits per heavy atom. The van der Waals surface area contributed by atoms with Crippen molar-refractivity contribution in [1.82, 2.24) is 15.0 Å². The van der Waals surface area contributed by atoms with Gasteiger partial charge in [-0.3, -0.25) is 0 Å². The van der Waals surface area contributed by atoms with E-state index in [1.54, 1.807) is 23.0 Å². The Balaban J connectivity index is 1.86. The molecule has 0 aliphatic heterocycles. The number of halogens is 1. The van der Waals surface area contributed by atoms with Gasteiger partial charge in [0.05, 0.1) is 18.3 Å². The number of benzene rings is 1. The van der Waals surface area contributed by atoms with Gasteiger partial charge in [-0.2, -0.15) is 0 Å². The maximum Gasteiger partial charge on any atom is 0.123 e. The molecule has 1 aliphatic rings. The molecular weight excluding hydrogens is 257 g/mol. The number of aliphatic hydroxyl groups is 1. The quantitative estimate of drug-likeness (QED) is 0.917. The third-order valence-electron chi connectivity index (χ3n) is 4.11. The van der Waals surface area contributed by atoms with Crippen molar-refractivity contribution in [1.29, 1.82) is 0 Å². The second kappa shape index (κ2) is 5.32. The predicted octanol–water partition coefficient (Wildman–Crippen LogP) is 2.81. The summed E-state index contributed by atoms with van der Waals surface area (Å²) in [6.07, 6.45) is 4.42. The molecule has 0 unspecified atom stereocenters. The maximum absolute atomic E-state index is 13.2. The van der Waals surface area contributed by atoms with Crippen molar-refractivity contribution in [3.63, 3.8) is 0 Å². The van der Waals surface area contributed by atoms with Gasteiger partial charge in [0, 0.05) is 5.56 Å². The number of hydrogen-bond acceptors (Lipinski definition) is 3. The summed E-state index contributed by atoms with van der Waals surface area (Å²) in [6, 6.07) is 6.27. The lowest BCUT2D eigenvalue weighted by Gasteiger charge is -2.32. The Morgan fingerprint density at radius 3 is 3.00 bits per heavy atom. The molecule has 20 heavy (non-hydrogen) atoms. The first kappa shape index (κ1) is 13.2. The van der Waals surface area contributed by atoms with Gasteiger partial charge >= 0.3 is 0 Å². The van der Waals surface area contributed by atoms with Crippen molar-refractivity contribution in [3.05, 3.63) is 36.3 Å². The molecule has 1 aliphatic carbocycles. The van der Waals surface area contributed by atoms with Crippen molar-refractivity contribution in [2.45, 2.75) is 38.3 Å². The maximum atomic E-state index is 13.2. The molecule has 1 fully saturated rings. The van der Waals surface area contributed by atoms with E-state index in [2.05, 4.69) is 17.2 Å². The fourth-order valence-electron chi connectivity index (χ4n) is 2.88. The second-order valence-electron chi connectivity index (χ2n) is 5.56. The van der Waals surface area contributed by atoms with Crippen LogP contribution < -0.4 is 0 Å². The number of aliphatic hydroxyl groups excluding tert-OH is 1. The zero-order valence-electron chi connectivity index (χ0n) is 11.4. The molecule has 3 rings (SSSR count). The molecule has 1 saturated carbocycles. The highest BCUT2D eigenvalue weighted by Gasteiger charge is 2.31. The lowest BCUT2D eigenvalue weighted by Crippen LogP contribution is -2.34. The van der Waals surface area contributed by atoms with E-state index in [9.17, 15) is 9.50 Å². The molecular formula is C15H18FN3O. The number of nitrogens with zero attached hydrogens (tertiary/aromatic N) is 3. The highest BCUT2D eigenvalue weighted by molar-refractivity contribution is 5.57. The molecule has 3 atom stereocenters.